The third-order valence-electron chi connectivity index (χ3n) is 2.51. The van der Waals surface area contributed by atoms with Crippen LogP contribution in [0.25, 0.3) is 0 Å². The van der Waals surface area contributed by atoms with Crippen molar-refractivity contribution in [1.82, 2.24) is 10.6 Å². The molecule has 1 fully saturated rings. The highest BCUT2D eigenvalue weighted by atomic mass is 32.2. The minimum atomic E-state index is -0.361. The number of benzene rings is 1. The van der Waals surface area contributed by atoms with E-state index in [1.807, 2.05) is 6.07 Å². The van der Waals surface area contributed by atoms with Gasteiger partial charge in [0.2, 0.25) is 11.0 Å². The van der Waals surface area contributed by atoms with E-state index in [0.29, 0.717) is 12.2 Å². The van der Waals surface area contributed by atoms with Gasteiger partial charge in [-0.05, 0) is 12.1 Å². The number of amides is 2. The minimum Gasteiger partial charge on any atom is -0.484 e. The third kappa shape index (κ3) is 4.58. The summed E-state index contributed by atoms with van der Waals surface area (Å²) in [6, 6.07) is 8.95. The molecule has 0 radical (unpaired) electrons. The lowest BCUT2D eigenvalue weighted by Gasteiger charge is -2.25. The van der Waals surface area contributed by atoms with E-state index in [1.165, 1.54) is 0 Å². The summed E-state index contributed by atoms with van der Waals surface area (Å²) in [5.41, 5.74) is 0. The predicted molar refractivity (Wildman–Crippen MR) is 74.1 cm³/mol. The van der Waals surface area contributed by atoms with E-state index in [9.17, 15) is 14.4 Å². The molecule has 2 amide bonds. The number of carbonyl (C=O) groups excluding carboxylic acids is 3. The molecule has 1 atom stereocenters. The molecule has 1 aliphatic rings. The Morgan fingerprint density at radius 3 is 2.70 bits per heavy atom. The Labute approximate surface area is 120 Å². The molecule has 1 unspecified atom stereocenters. The Bertz CT molecular complexity index is 498. The van der Waals surface area contributed by atoms with Gasteiger partial charge in [0, 0.05) is 0 Å². The maximum atomic E-state index is 11.5. The summed E-state index contributed by atoms with van der Waals surface area (Å²) in [6.07, 6.45) is 0.349. The largest absolute Gasteiger partial charge is 0.484 e. The fraction of sp³-hybridized carbons (Fsp3) is 0.308. The number of ether oxygens (including phenoxy) is 1. The van der Waals surface area contributed by atoms with E-state index in [1.54, 1.807) is 24.3 Å². The molecular weight excluding hydrogens is 280 g/mol. The molecule has 106 valence electrons. The molecule has 1 heterocycles. The van der Waals surface area contributed by atoms with Crippen LogP contribution in [-0.2, 0) is 14.4 Å². The fourth-order valence-corrected chi connectivity index (χ4v) is 2.38. The number of carbonyl (C=O) groups is 3. The van der Waals surface area contributed by atoms with Gasteiger partial charge in [-0.25, -0.2) is 0 Å². The molecule has 2 rings (SSSR count). The summed E-state index contributed by atoms with van der Waals surface area (Å²) in [5, 5.41) is 4.69. The Hall–Kier alpha value is -2.02. The van der Waals surface area contributed by atoms with Crippen LogP contribution in [0.1, 0.15) is 6.42 Å². The standard InChI is InChI=1S/C13H14N2O4S/c16-10-6-12(15-10)20-13(18)7-14-11(17)8-19-9-4-2-1-3-5-9/h1-5,12H,6-8H2,(H,14,17)(H,15,16). The van der Waals surface area contributed by atoms with E-state index in [0.717, 1.165) is 11.8 Å². The molecule has 0 aliphatic carbocycles. The van der Waals surface area contributed by atoms with Crippen molar-refractivity contribution in [2.24, 2.45) is 0 Å². The second-order valence-electron chi connectivity index (χ2n) is 4.13. The van der Waals surface area contributed by atoms with Crippen molar-refractivity contribution in [3.05, 3.63) is 30.3 Å². The van der Waals surface area contributed by atoms with Gasteiger partial charge in [0.1, 0.15) is 5.75 Å². The average molecular weight is 294 g/mol. The Kier molecular flexibility index (Phi) is 5.00. The van der Waals surface area contributed by atoms with Crippen molar-refractivity contribution < 1.29 is 19.1 Å². The highest BCUT2D eigenvalue weighted by Crippen LogP contribution is 2.19. The SMILES string of the molecule is O=C(COc1ccccc1)NCC(=O)SC1CC(=O)N1. The van der Waals surface area contributed by atoms with Crippen LogP contribution in [-0.4, -0.2) is 35.5 Å². The van der Waals surface area contributed by atoms with Crippen molar-refractivity contribution in [2.45, 2.75) is 11.8 Å². The molecule has 0 bridgehead atoms. The van der Waals surface area contributed by atoms with Gasteiger partial charge in [0.25, 0.3) is 5.91 Å². The van der Waals surface area contributed by atoms with E-state index >= 15 is 0 Å². The first-order valence-electron chi connectivity index (χ1n) is 6.07. The lowest BCUT2D eigenvalue weighted by molar-refractivity contribution is -0.126. The summed E-state index contributed by atoms with van der Waals surface area (Å²) < 4.78 is 5.24. The number of para-hydroxylation sites is 1. The fourth-order valence-electron chi connectivity index (χ4n) is 1.49. The van der Waals surface area contributed by atoms with Gasteiger partial charge in [-0.1, -0.05) is 30.0 Å². The molecule has 0 aromatic heterocycles. The first-order chi connectivity index (χ1) is 9.63. The quantitative estimate of drug-likeness (QED) is 0.737. The second-order valence-corrected chi connectivity index (χ2v) is 5.39. The number of nitrogens with one attached hydrogen (secondary N) is 2. The van der Waals surface area contributed by atoms with Crippen molar-refractivity contribution in [3.8, 4) is 5.75 Å². The van der Waals surface area contributed by atoms with Crippen LogP contribution in [0.5, 0.6) is 5.75 Å². The normalized spacial score (nSPS) is 16.8. The van der Waals surface area contributed by atoms with Gasteiger partial charge in [0.05, 0.1) is 18.3 Å². The third-order valence-corrected chi connectivity index (χ3v) is 3.49. The monoisotopic (exact) mass is 294 g/mol. The van der Waals surface area contributed by atoms with Crippen molar-refractivity contribution in [2.75, 3.05) is 13.2 Å². The van der Waals surface area contributed by atoms with Gasteiger partial charge in [0.15, 0.2) is 6.61 Å². The van der Waals surface area contributed by atoms with Crippen LogP contribution in [0.3, 0.4) is 0 Å². The van der Waals surface area contributed by atoms with Crippen LogP contribution in [0.4, 0.5) is 0 Å². The highest BCUT2D eigenvalue weighted by molar-refractivity contribution is 8.14. The molecule has 0 saturated carbocycles. The number of β-lactam (4-membered cyclic amide) rings is 1. The zero-order chi connectivity index (χ0) is 14.4. The van der Waals surface area contributed by atoms with Crippen LogP contribution in [0.15, 0.2) is 30.3 Å². The maximum Gasteiger partial charge on any atom is 0.258 e. The molecule has 1 aromatic carbocycles. The summed E-state index contributed by atoms with van der Waals surface area (Å²) in [7, 11) is 0. The summed E-state index contributed by atoms with van der Waals surface area (Å²) in [4.78, 5) is 33.6. The molecular formula is C13H14N2O4S. The minimum absolute atomic E-state index is 0.0596. The average Bonchev–Trinajstić information content (AvgIpc) is 2.42. The lowest BCUT2D eigenvalue weighted by Crippen LogP contribution is -2.47. The smallest absolute Gasteiger partial charge is 0.258 e. The number of rotatable bonds is 6. The van der Waals surface area contributed by atoms with Crippen LogP contribution in [0, 0.1) is 0 Å². The molecule has 1 aliphatic heterocycles. The summed E-state index contributed by atoms with van der Waals surface area (Å²) in [5.74, 6) is 0.177. The Balaban J connectivity index is 1.60. The van der Waals surface area contributed by atoms with Crippen LogP contribution >= 0.6 is 11.8 Å². The van der Waals surface area contributed by atoms with E-state index in [-0.39, 0.29) is 35.5 Å². The van der Waals surface area contributed by atoms with Crippen molar-refractivity contribution in [1.29, 1.82) is 0 Å². The Morgan fingerprint density at radius 2 is 2.05 bits per heavy atom. The van der Waals surface area contributed by atoms with E-state index < -0.39 is 0 Å². The van der Waals surface area contributed by atoms with Gasteiger partial charge in [-0.15, -0.1) is 0 Å². The molecule has 6 nitrogen and oxygen atoms in total. The zero-order valence-electron chi connectivity index (χ0n) is 10.6. The molecule has 20 heavy (non-hydrogen) atoms. The maximum absolute atomic E-state index is 11.5. The van der Waals surface area contributed by atoms with E-state index in [2.05, 4.69) is 10.6 Å². The molecule has 7 heteroatoms. The summed E-state index contributed by atoms with van der Waals surface area (Å²) >= 11 is 1.02. The highest BCUT2D eigenvalue weighted by Gasteiger charge is 2.27. The summed E-state index contributed by atoms with van der Waals surface area (Å²) in [6.45, 7) is -0.212. The predicted octanol–water partition coefficient (Wildman–Crippen LogP) is 0.287. The second kappa shape index (κ2) is 6.95. The van der Waals surface area contributed by atoms with E-state index in [4.69, 9.17) is 4.74 Å². The topological polar surface area (TPSA) is 84.5 Å². The number of thioether (sulfide) groups is 1. The van der Waals surface area contributed by atoms with Gasteiger partial charge in [-0.3, -0.25) is 14.4 Å². The molecule has 0 spiro atoms. The molecule has 2 N–H and O–H groups in total. The first kappa shape index (κ1) is 14.4. The Morgan fingerprint density at radius 1 is 1.35 bits per heavy atom. The van der Waals surface area contributed by atoms with Crippen LogP contribution < -0.4 is 15.4 Å². The number of hydrogen-bond donors (Lipinski definition) is 2. The van der Waals surface area contributed by atoms with Crippen LogP contribution in [0.2, 0.25) is 0 Å². The molecule has 1 saturated heterocycles. The van der Waals surface area contributed by atoms with Gasteiger partial charge < -0.3 is 15.4 Å². The van der Waals surface area contributed by atoms with Crippen molar-refractivity contribution in [3.63, 3.8) is 0 Å². The van der Waals surface area contributed by atoms with Gasteiger partial charge >= 0.3 is 0 Å². The van der Waals surface area contributed by atoms with Gasteiger partial charge in [-0.2, -0.15) is 0 Å². The number of hydrogen-bond acceptors (Lipinski definition) is 5. The van der Waals surface area contributed by atoms with Crippen molar-refractivity contribution >= 4 is 28.7 Å². The lowest BCUT2D eigenvalue weighted by atomic mass is 10.3. The first-order valence-corrected chi connectivity index (χ1v) is 6.95. The zero-order valence-corrected chi connectivity index (χ0v) is 11.4. The molecule has 1 aromatic rings.